The van der Waals surface area contributed by atoms with E-state index >= 15 is 0 Å². The first kappa shape index (κ1) is 22.9. The lowest BCUT2D eigenvalue weighted by atomic mass is 10.2. The number of hydrogen-bond acceptors (Lipinski definition) is 4. The topological polar surface area (TPSA) is 66.5 Å². The van der Waals surface area contributed by atoms with E-state index in [-0.39, 0.29) is 11.7 Å². The Morgan fingerprint density at radius 1 is 1.11 bits per heavy atom. The third kappa shape index (κ3) is 6.30. The zero-order valence-electron chi connectivity index (χ0n) is 15.6. The molecule has 0 radical (unpaired) electrons. The van der Waals surface area contributed by atoms with Crippen LogP contribution in [0.3, 0.4) is 0 Å². The summed E-state index contributed by atoms with van der Waals surface area (Å²) in [5, 5.41) is 3.93. The second kappa shape index (κ2) is 10.4. The number of anilines is 1. The molecule has 2 rings (SSSR count). The van der Waals surface area contributed by atoms with Gasteiger partial charge in [0.2, 0.25) is 10.0 Å². The van der Waals surface area contributed by atoms with E-state index in [0.29, 0.717) is 27.8 Å². The van der Waals surface area contributed by atoms with Gasteiger partial charge in [-0.05, 0) is 48.9 Å². The maximum Gasteiger partial charge on any atom is 0.251 e. The molecule has 0 aromatic heterocycles. The highest BCUT2D eigenvalue weighted by Gasteiger charge is 2.16. The number of carbonyl (C=O) groups is 1. The van der Waals surface area contributed by atoms with Crippen molar-refractivity contribution in [1.29, 1.82) is 0 Å². The maximum atomic E-state index is 12.2. The van der Waals surface area contributed by atoms with E-state index in [0.717, 1.165) is 17.1 Å². The number of carbonyl (C=O) groups excluding carboxylic acids is 1. The van der Waals surface area contributed by atoms with Gasteiger partial charge in [0.1, 0.15) is 0 Å². The molecule has 0 bridgehead atoms. The van der Waals surface area contributed by atoms with Crippen LogP contribution in [0.25, 0.3) is 0 Å². The van der Waals surface area contributed by atoms with Crippen molar-refractivity contribution in [2.24, 2.45) is 0 Å². The molecule has 2 aromatic carbocycles. The van der Waals surface area contributed by atoms with Gasteiger partial charge in [-0.3, -0.25) is 9.10 Å². The van der Waals surface area contributed by atoms with Crippen molar-refractivity contribution < 1.29 is 13.2 Å². The van der Waals surface area contributed by atoms with Crippen molar-refractivity contribution in [3.8, 4) is 0 Å². The molecule has 152 valence electrons. The Kier molecular flexibility index (Phi) is 8.49. The van der Waals surface area contributed by atoms with Crippen molar-refractivity contribution in [3.63, 3.8) is 0 Å². The SMILES string of the molecule is CCS(=O)(=O)N(C)c1ccc(C(=O)NCCSCc2ccc(Cl)c(Cl)c2)cc1. The van der Waals surface area contributed by atoms with Gasteiger partial charge in [-0.2, -0.15) is 11.8 Å². The molecule has 0 aliphatic rings. The normalized spacial score (nSPS) is 11.3. The Balaban J connectivity index is 1.79. The Bertz CT molecular complexity index is 919. The van der Waals surface area contributed by atoms with Crippen molar-refractivity contribution in [3.05, 3.63) is 63.6 Å². The molecule has 2 aromatic rings. The molecule has 0 spiro atoms. The molecular weight excluding hydrogens is 439 g/mol. The molecule has 28 heavy (non-hydrogen) atoms. The lowest BCUT2D eigenvalue weighted by molar-refractivity contribution is 0.0956. The number of hydrogen-bond donors (Lipinski definition) is 1. The lowest BCUT2D eigenvalue weighted by Crippen LogP contribution is -2.28. The maximum absolute atomic E-state index is 12.2. The summed E-state index contributed by atoms with van der Waals surface area (Å²) >= 11 is 13.6. The van der Waals surface area contributed by atoms with Crippen LogP contribution in [-0.2, 0) is 15.8 Å². The van der Waals surface area contributed by atoms with Gasteiger partial charge in [0.25, 0.3) is 5.91 Å². The third-order valence-corrected chi connectivity index (χ3v) is 7.60. The molecule has 1 amide bonds. The minimum Gasteiger partial charge on any atom is -0.351 e. The molecule has 0 saturated carbocycles. The highest BCUT2D eigenvalue weighted by Crippen LogP contribution is 2.24. The van der Waals surface area contributed by atoms with Crippen LogP contribution in [0.2, 0.25) is 10.0 Å². The fraction of sp³-hybridized carbons (Fsp3) is 0.316. The van der Waals surface area contributed by atoms with Gasteiger partial charge in [-0.25, -0.2) is 8.42 Å². The van der Waals surface area contributed by atoms with Gasteiger partial charge in [0.05, 0.1) is 21.5 Å². The zero-order chi connectivity index (χ0) is 20.7. The van der Waals surface area contributed by atoms with E-state index in [1.54, 1.807) is 49.0 Å². The number of amides is 1. The van der Waals surface area contributed by atoms with Crippen LogP contribution in [0.1, 0.15) is 22.8 Å². The molecule has 0 saturated heterocycles. The molecule has 0 aliphatic carbocycles. The average Bonchev–Trinajstić information content (AvgIpc) is 2.69. The number of nitrogens with one attached hydrogen (secondary N) is 1. The van der Waals surface area contributed by atoms with Gasteiger partial charge in [0.15, 0.2) is 0 Å². The highest BCUT2D eigenvalue weighted by atomic mass is 35.5. The molecule has 9 heteroatoms. The first-order chi connectivity index (χ1) is 13.2. The van der Waals surface area contributed by atoms with Crippen LogP contribution in [0.5, 0.6) is 0 Å². The molecule has 0 unspecified atom stereocenters. The molecule has 0 fully saturated rings. The van der Waals surface area contributed by atoms with E-state index in [1.807, 2.05) is 12.1 Å². The lowest BCUT2D eigenvalue weighted by Gasteiger charge is -2.18. The number of halogens is 2. The Morgan fingerprint density at radius 3 is 2.39 bits per heavy atom. The summed E-state index contributed by atoms with van der Waals surface area (Å²) in [4.78, 5) is 12.2. The van der Waals surface area contributed by atoms with Gasteiger partial charge in [0, 0.05) is 30.7 Å². The van der Waals surface area contributed by atoms with E-state index < -0.39 is 10.0 Å². The number of nitrogens with zero attached hydrogens (tertiary/aromatic N) is 1. The monoisotopic (exact) mass is 460 g/mol. The molecule has 0 aliphatic heterocycles. The van der Waals surface area contributed by atoms with Gasteiger partial charge in [-0.15, -0.1) is 0 Å². The first-order valence-electron chi connectivity index (χ1n) is 8.61. The number of rotatable bonds is 9. The summed E-state index contributed by atoms with van der Waals surface area (Å²) in [5.41, 5.74) is 2.09. The predicted molar refractivity (Wildman–Crippen MR) is 119 cm³/mol. The third-order valence-electron chi connectivity index (χ3n) is 4.06. The zero-order valence-corrected chi connectivity index (χ0v) is 18.8. The van der Waals surface area contributed by atoms with Crippen LogP contribution in [0, 0.1) is 0 Å². The van der Waals surface area contributed by atoms with Crippen molar-refractivity contribution in [2.45, 2.75) is 12.7 Å². The molecular formula is C19H22Cl2N2O3S2. The van der Waals surface area contributed by atoms with E-state index in [2.05, 4.69) is 5.32 Å². The van der Waals surface area contributed by atoms with Crippen molar-refractivity contribution >= 4 is 56.6 Å². The second-order valence-corrected chi connectivity index (χ2v) is 10.2. The van der Waals surface area contributed by atoms with Crippen LogP contribution in [-0.4, -0.2) is 39.4 Å². The number of thioether (sulfide) groups is 1. The van der Waals surface area contributed by atoms with Gasteiger partial charge >= 0.3 is 0 Å². The standard InChI is InChI=1S/C19H22Cl2N2O3S2/c1-3-28(25,26)23(2)16-7-5-15(6-8-16)19(24)22-10-11-27-13-14-4-9-17(20)18(21)12-14/h4-9,12H,3,10-11,13H2,1-2H3,(H,22,24). The van der Waals surface area contributed by atoms with Crippen LogP contribution >= 0.6 is 35.0 Å². The highest BCUT2D eigenvalue weighted by molar-refractivity contribution is 7.98. The van der Waals surface area contributed by atoms with Gasteiger partial charge < -0.3 is 5.32 Å². The van der Waals surface area contributed by atoms with E-state index in [9.17, 15) is 13.2 Å². The second-order valence-electron chi connectivity index (χ2n) is 5.97. The van der Waals surface area contributed by atoms with Crippen LogP contribution in [0.15, 0.2) is 42.5 Å². The summed E-state index contributed by atoms with van der Waals surface area (Å²) < 4.78 is 25.0. The van der Waals surface area contributed by atoms with Crippen LogP contribution in [0.4, 0.5) is 5.69 Å². The first-order valence-corrected chi connectivity index (χ1v) is 12.1. The summed E-state index contributed by atoms with van der Waals surface area (Å²) in [5.74, 6) is 1.36. The quantitative estimate of drug-likeness (QED) is 0.561. The minimum absolute atomic E-state index is 0.0195. The van der Waals surface area contributed by atoms with E-state index in [4.69, 9.17) is 23.2 Å². The largest absolute Gasteiger partial charge is 0.351 e. The van der Waals surface area contributed by atoms with Crippen molar-refractivity contribution in [2.75, 3.05) is 29.4 Å². The van der Waals surface area contributed by atoms with Gasteiger partial charge in [-0.1, -0.05) is 29.3 Å². The molecule has 1 N–H and O–H groups in total. The summed E-state index contributed by atoms with van der Waals surface area (Å²) in [7, 11) is -1.82. The summed E-state index contributed by atoms with van der Waals surface area (Å²) in [6.07, 6.45) is 0. The Labute approximate surface area is 180 Å². The fourth-order valence-corrected chi connectivity index (χ4v) is 4.29. The fourth-order valence-electron chi connectivity index (χ4n) is 2.34. The molecule has 0 atom stereocenters. The number of benzene rings is 2. The minimum atomic E-state index is -3.32. The molecule has 0 heterocycles. The number of sulfonamides is 1. The Hall–Kier alpha value is -1.41. The average molecular weight is 461 g/mol. The summed E-state index contributed by atoms with van der Waals surface area (Å²) in [6.45, 7) is 2.11. The smallest absolute Gasteiger partial charge is 0.251 e. The predicted octanol–water partition coefficient (Wildman–Crippen LogP) is 4.44. The Morgan fingerprint density at radius 2 is 1.79 bits per heavy atom. The van der Waals surface area contributed by atoms with E-state index in [1.165, 1.54) is 11.4 Å². The molecule has 5 nitrogen and oxygen atoms in total. The summed E-state index contributed by atoms with van der Waals surface area (Å²) in [6, 6.07) is 12.0. The van der Waals surface area contributed by atoms with Crippen molar-refractivity contribution in [1.82, 2.24) is 5.32 Å². The van der Waals surface area contributed by atoms with Crippen LogP contribution < -0.4 is 9.62 Å².